The van der Waals surface area contributed by atoms with Crippen molar-refractivity contribution < 1.29 is 47.7 Å². The van der Waals surface area contributed by atoms with Crippen molar-refractivity contribution in [2.75, 3.05) is 53.7 Å². The first-order valence-corrected chi connectivity index (χ1v) is 18.3. The third kappa shape index (κ3) is 15.7. The van der Waals surface area contributed by atoms with E-state index in [1.165, 1.54) is 14.2 Å². The van der Waals surface area contributed by atoms with E-state index in [1.807, 2.05) is 44.2 Å². The van der Waals surface area contributed by atoms with Crippen molar-refractivity contribution in [2.45, 2.75) is 97.4 Å². The summed E-state index contributed by atoms with van der Waals surface area (Å²) in [5, 5.41) is 10.0. The number of aryl methyl sites for hydroxylation is 1. The second kappa shape index (κ2) is 23.6. The van der Waals surface area contributed by atoms with Crippen molar-refractivity contribution in [2.24, 2.45) is 17.8 Å². The van der Waals surface area contributed by atoms with Crippen LogP contribution in [0.5, 0.6) is 0 Å². The Morgan fingerprint density at radius 3 is 2.02 bits per heavy atom. The summed E-state index contributed by atoms with van der Waals surface area (Å²) in [6.45, 7) is 9.09. The molecule has 0 unspecified atom stereocenters. The minimum Gasteiger partial charge on any atom is -0.447 e. The van der Waals surface area contributed by atoms with Crippen molar-refractivity contribution in [3.05, 3.63) is 35.9 Å². The molecule has 4 amide bonds. The molecule has 1 saturated carbocycles. The van der Waals surface area contributed by atoms with Gasteiger partial charge in [-0.1, -0.05) is 77.3 Å². The SMILES string of the molecule is COCCOC(=O)N[C@H](C(=O)NN(CC1CCCCC1)C[C@H](CCc1ccccc1)NC(=O)[C@](NC(=O)OCCOC)(OC(C)=O)C(C)C)C(C)C. The Morgan fingerprint density at radius 1 is 0.846 bits per heavy atom. The average molecular weight is 736 g/mol. The number of hydrazine groups is 1. The highest BCUT2D eigenvalue weighted by Crippen LogP contribution is 2.25. The summed E-state index contributed by atoms with van der Waals surface area (Å²) in [5.41, 5.74) is 1.97. The van der Waals surface area contributed by atoms with Gasteiger partial charge in [0.15, 0.2) is 0 Å². The van der Waals surface area contributed by atoms with Gasteiger partial charge in [0.05, 0.1) is 13.2 Å². The smallest absolute Gasteiger partial charge is 0.410 e. The predicted molar refractivity (Wildman–Crippen MR) is 194 cm³/mol. The number of hydrogen-bond donors (Lipinski definition) is 4. The van der Waals surface area contributed by atoms with Crippen LogP contribution in [0, 0.1) is 17.8 Å². The third-order valence-electron chi connectivity index (χ3n) is 8.88. The van der Waals surface area contributed by atoms with Crippen LogP contribution in [0.15, 0.2) is 30.3 Å². The molecule has 0 heterocycles. The van der Waals surface area contributed by atoms with Crippen LogP contribution < -0.4 is 21.4 Å². The zero-order chi connectivity index (χ0) is 38.5. The Bertz CT molecular complexity index is 1240. The molecule has 3 atom stereocenters. The van der Waals surface area contributed by atoms with E-state index >= 15 is 0 Å². The van der Waals surface area contributed by atoms with Crippen LogP contribution in [0.25, 0.3) is 0 Å². The molecule has 2 rings (SSSR count). The van der Waals surface area contributed by atoms with Gasteiger partial charge in [-0.25, -0.2) is 14.6 Å². The molecule has 1 aliphatic rings. The average Bonchev–Trinajstić information content (AvgIpc) is 3.09. The maximum absolute atomic E-state index is 14.3. The largest absolute Gasteiger partial charge is 0.447 e. The number of alkyl carbamates (subject to hydrolysis) is 2. The molecule has 15 heteroatoms. The normalized spacial score (nSPS) is 15.7. The highest BCUT2D eigenvalue weighted by Gasteiger charge is 2.48. The zero-order valence-corrected chi connectivity index (χ0v) is 32.0. The van der Waals surface area contributed by atoms with E-state index < -0.39 is 53.7 Å². The number of carbonyl (C=O) groups excluding carboxylic acids is 5. The molecule has 15 nitrogen and oxygen atoms in total. The monoisotopic (exact) mass is 735 g/mol. The Morgan fingerprint density at radius 2 is 1.46 bits per heavy atom. The molecule has 1 aromatic carbocycles. The molecule has 1 aromatic rings. The first kappa shape index (κ1) is 44.2. The summed E-state index contributed by atoms with van der Waals surface area (Å²) in [6, 6.07) is 8.25. The van der Waals surface area contributed by atoms with Gasteiger partial charge in [0.2, 0.25) is 0 Å². The summed E-state index contributed by atoms with van der Waals surface area (Å²) in [4.78, 5) is 65.9. The van der Waals surface area contributed by atoms with E-state index in [9.17, 15) is 24.0 Å². The quantitative estimate of drug-likeness (QED) is 0.0448. The Balaban J connectivity index is 2.43. The molecule has 0 aromatic heterocycles. The summed E-state index contributed by atoms with van der Waals surface area (Å²) >= 11 is 0. The number of esters is 1. The number of amides is 4. The van der Waals surface area contributed by atoms with Crippen LogP contribution in [-0.4, -0.2) is 107 Å². The summed E-state index contributed by atoms with van der Waals surface area (Å²) in [7, 11) is 2.95. The van der Waals surface area contributed by atoms with Crippen LogP contribution in [-0.2, 0) is 44.5 Å². The van der Waals surface area contributed by atoms with Gasteiger partial charge in [-0.15, -0.1) is 0 Å². The summed E-state index contributed by atoms with van der Waals surface area (Å²) in [5.74, 6) is -2.64. The minimum absolute atomic E-state index is 0.0380. The van der Waals surface area contributed by atoms with E-state index in [0.717, 1.165) is 44.6 Å². The number of rotatable bonds is 22. The topological polar surface area (TPSA) is 183 Å². The second-order valence-electron chi connectivity index (χ2n) is 13.8. The van der Waals surface area contributed by atoms with Gasteiger partial charge in [-0.2, -0.15) is 0 Å². The number of methoxy groups -OCH3 is 2. The number of benzene rings is 1. The van der Waals surface area contributed by atoms with Crippen LogP contribution >= 0.6 is 0 Å². The third-order valence-corrected chi connectivity index (χ3v) is 8.88. The van der Waals surface area contributed by atoms with Crippen LogP contribution in [0.3, 0.4) is 0 Å². The molecule has 52 heavy (non-hydrogen) atoms. The van der Waals surface area contributed by atoms with Crippen LogP contribution in [0.1, 0.15) is 78.7 Å². The number of ether oxygens (including phenoxy) is 5. The molecular weight excluding hydrogens is 674 g/mol. The van der Waals surface area contributed by atoms with Gasteiger partial charge in [-0.3, -0.25) is 25.1 Å². The summed E-state index contributed by atoms with van der Waals surface area (Å²) < 4.78 is 25.8. The molecule has 0 radical (unpaired) electrons. The fourth-order valence-corrected chi connectivity index (χ4v) is 6.03. The minimum atomic E-state index is -2.10. The van der Waals surface area contributed by atoms with Gasteiger partial charge in [0.1, 0.15) is 19.3 Å². The molecule has 1 fully saturated rings. The molecule has 0 aliphatic heterocycles. The Hall–Kier alpha value is -3.95. The maximum atomic E-state index is 14.3. The van der Waals surface area contributed by atoms with Crippen molar-refractivity contribution >= 4 is 30.0 Å². The zero-order valence-electron chi connectivity index (χ0n) is 32.0. The number of nitrogens with zero attached hydrogens (tertiary/aromatic N) is 1. The molecule has 294 valence electrons. The molecular formula is C37H61N5O10. The lowest BCUT2D eigenvalue weighted by Crippen LogP contribution is -2.66. The second-order valence-corrected chi connectivity index (χ2v) is 13.8. The van der Waals surface area contributed by atoms with Gasteiger partial charge < -0.3 is 34.3 Å². The standard InChI is InChI=1S/C37H61N5O10/c1-26(2)32(39-35(46)50-22-20-48-6)33(44)41-42(24-30-16-12-9-13-17-30)25-31(19-18-29-14-10-8-11-15-29)38-34(45)37(27(3)4,52-28(5)43)40-36(47)51-23-21-49-7/h8,10-11,14-15,26-27,30-32H,9,12-13,16-25H2,1-7H3,(H,38,45)(H,39,46)(H,40,47)(H,41,44)/t31-,32-,37+/m0/s1. The van der Waals surface area contributed by atoms with Crippen molar-refractivity contribution in [1.29, 1.82) is 0 Å². The van der Waals surface area contributed by atoms with Crippen molar-refractivity contribution in [3.8, 4) is 0 Å². The Labute approximate surface area is 308 Å². The Kier molecular flexibility index (Phi) is 20.0. The van der Waals surface area contributed by atoms with Gasteiger partial charge >= 0.3 is 18.2 Å². The lowest BCUT2D eigenvalue weighted by Gasteiger charge is -2.38. The van der Waals surface area contributed by atoms with Crippen molar-refractivity contribution in [3.63, 3.8) is 0 Å². The van der Waals surface area contributed by atoms with E-state index in [-0.39, 0.29) is 38.9 Å². The molecule has 4 N–H and O–H groups in total. The van der Waals surface area contributed by atoms with Crippen LogP contribution in [0.2, 0.25) is 0 Å². The fourth-order valence-electron chi connectivity index (χ4n) is 6.03. The van der Waals surface area contributed by atoms with Gasteiger partial charge in [0, 0.05) is 46.2 Å². The fraction of sp³-hybridized carbons (Fsp3) is 0.703. The highest BCUT2D eigenvalue weighted by atomic mass is 16.6. The first-order chi connectivity index (χ1) is 24.8. The van der Waals surface area contributed by atoms with E-state index in [1.54, 1.807) is 18.9 Å². The lowest BCUT2D eigenvalue weighted by atomic mass is 9.89. The van der Waals surface area contributed by atoms with Gasteiger partial charge in [0.25, 0.3) is 17.5 Å². The predicted octanol–water partition coefficient (Wildman–Crippen LogP) is 3.70. The van der Waals surface area contributed by atoms with E-state index in [2.05, 4.69) is 21.4 Å². The maximum Gasteiger partial charge on any atom is 0.410 e. The first-order valence-electron chi connectivity index (χ1n) is 18.3. The van der Waals surface area contributed by atoms with Crippen LogP contribution in [0.4, 0.5) is 9.59 Å². The van der Waals surface area contributed by atoms with Gasteiger partial charge in [-0.05, 0) is 43.1 Å². The molecule has 0 spiro atoms. The molecule has 1 aliphatic carbocycles. The van der Waals surface area contributed by atoms with E-state index in [0.29, 0.717) is 25.3 Å². The number of nitrogens with one attached hydrogen (secondary N) is 4. The van der Waals surface area contributed by atoms with Crippen molar-refractivity contribution in [1.82, 2.24) is 26.4 Å². The summed E-state index contributed by atoms with van der Waals surface area (Å²) in [6.07, 6.45) is 4.62. The number of carbonyl (C=O) groups is 5. The van der Waals surface area contributed by atoms with E-state index in [4.69, 9.17) is 23.7 Å². The lowest BCUT2D eigenvalue weighted by molar-refractivity contribution is -0.176. The molecule has 0 bridgehead atoms. The highest BCUT2D eigenvalue weighted by molar-refractivity contribution is 5.91. The molecule has 0 saturated heterocycles. The number of hydrogen-bond acceptors (Lipinski definition) is 11.